The smallest absolute Gasteiger partial charge is 0.543 e. The van der Waals surface area contributed by atoms with Gasteiger partial charge in [0.2, 0.25) is 5.91 Å². The summed E-state index contributed by atoms with van der Waals surface area (Å²) in [5.41, 5.74) is 4.36. The van der Waals surface area contributed by atoms with E-state index in [0.29, 0.717) is 11.3 Å². The predicted molar refractivity (Wildman–Crippen MR) is 118 cm³/mol. The molecule has 0 aliphatic carbocycles. The second-order valence-electron chi connectivity index (χ2n) is 6.92. The number of anilines is 1. The number of aromatic nitrogens is 2. The number of nitrogens with one attached hydrogen (secondary N) is 1. The maximum absolute atomic E-state index is 12.9. The number of thioether (sulfide) groups is 1. The quantitative estimate of drug-likeness (QED) is 0.115. The minimum atomic E-state index is -4.65. The van der Waals surface area contributed by atoms with Gasteiger partial charge in [0, 0.05) is 22.0 Å². The molecule has 2 aromatic heterocycles. The molecule has 11 nitrogen and oxygen atoms in total. The summed E-state index contributed by atoms with van der Waals surface area (Å²) in [5.74, 6) is -3.15. The van der Waals surface area contributed by atoms with Crippen molar-refractivity contribution in [3.63, 3.8) is 0 Å². The van der Waals surface area contributed by atoms with Gasteiger partial charge in [-0.1, -0.05) is 11.2 Å². The molecule has 36 heavy (non-hydrogen) atoms. The third-order valence-electron chi connectivity index (χ3n) is 4.72. The molecule has 2 aromatic rings. The number of carboxylic acid groups (broad SMARTS) is 1. The molecule has 4 rings (SSSR count). The topological polar surface area (TPSA) is 174 Å². The van der Waals surface area contributed by atoms with E-state index in [2.05, 4.69) is 20.4 Å². The van der Waals surface area contributed by atoms with Gasteiger partial charge in [-0.15, -0.1) is 34.4 Å². The van der Waals surface area contributed by atoms with Gasteiger partial charge in [0.05, 0.1) is 23.5 Å². The van der Waals surface area contributed by atoms with Crippen LogP contribution in [-0.4, -0.2) is 54.3 Å². The number of oxime groups is 1. The van der Waals surface area contributed by atoms with E-state index in [0.717, 1.165) is 40.3 Å². The van der Waals surface area contributed by atoms with Crippen molar-refractivity contribution in [2.24, 2.45) is 5.16 Å². The first-order chi connectivity index (χ1) is 16.5. The molecule has 4 heterocycles. The Hall–Kier alpha value is -2.44. The fourth-order valence-corrected chi connectivity index (χ4v) is 5.86. The van der Waals surface area contributed by atoms with Crippen molar-refractivity contribution in [2.45, 2.75) is 23.3 Å². The molecule has 18 heteroatoms. The minimum Gasteiger partial charge on any atom is -0.543 e. The van der Waals surface area contributed by atoms with Crippen LogP contribution in [0.3, 0.4) is 0 Å². The number of halogens is 3. The van der Waals surface area contributed by atoms with Gasteiger partial charge < -0.3 is 26.2 Å². The molecular weight excluding hydrogens is 556 g/mol. The first kappa shape index (κ1) is 28.1. The Kier molecular flexibility index (Phi) is 8.51. The molecule has 4 N–H and O–H groups in total. The Labute approximate surface area is 234 Å². The van der Waals surface area contributed by atoms with Crippen LogP contribution in [0.5, 0.6) is 0 Å². The zero-order chi connectivity index (χ0) is 25.5. The Morgan fingerprint density at radius 3 is 2.61 bits per heavy atom. The zero-order valence-corrected chi connectivity index (χ0v) is 22.4. The van der Waals surface area contributed by atoms with Gasteiger partial charge in [-0.05, 0) is 6.08 Å². The SMILES string of the molecule is Nc1nc(C(=NO)C(=O)NC2S[C@H]3CC(=O)N3C(C(=O)[O-])=C2C=Cc2cnc(C(F)(F)F)s2)cs1.[Na+]. The summed E-state index contributed by atoms with van der Waals surface area (Å²) in [6.07, 6.45) is -1.36. The normalized spacial score (nSPS) is 20.1. The largest absolute Gasteiger partial charge is 1.00 e. The van der Waals surface area contributed by atoms with Crippen LogP contribution in [0.1, 0.15) is 22.0 Å². The van der Waals surface area contributed by atoms with E-state index in [1.54, 1.807) is 0 Å². The van der Waals surface area contributed by atoms with Crippen molar-refractivity contribution in [3.8, 4) is 0 Å². The third kappa shape index (κ3) is 5.60. The van der Waals surface area contributed by atoms with Crippen LogP contribution in [-0.2, 0) is 20.6 Å². The summed E-state index contributed by atoms with van der Waals surface area (Å²) in [4.78, 5) is 45.0. The van der Waals surface area contributed by atoms with Crippen LogP contribution in [0.4, 0.5) is 18.3 Å². The minimum absolute atomic E-state index is 0. The maximum Gasteiger partial charge on any atom is 1.00 e. The fourth-order valence-electron chi connectivity index (χ4n) is 3.22. The molecule has 0 saturated carbocycles. The number of nitrogen functional groups attached to an aromatic ring is 1. The maximum atomic E-state index is 12.9. The van der Waals surface area contributed by atoms with E-state index in [9.17, 15) is 37.9 Å². The van der Waals surface area contributed by atoms with Crippen LogP contribution in [0.15, 0.2) is 34.1 Å². The number of nitrogens with zero attached hydrogens (tertiary/aromatic N) is 4. The summed E-state index contributed by atoms with van der Waals surface area (Å²) in [5, 5.41) is 25.4. The van der Waals surface area contributed by atoms with Gasteiger partial charge in [0.1, 0.15) is 11.1 Å². The van der Waals surface area contributed by atoms with Crippen molar-refractivity contribution < 1.29 is 67.4 Å². The Bertz CT molecular complexity index is 1310. The molecule has 1 unspecified atom stereocenters. The van der Waals surface area contributed by atoms with Gasteiger partial charge >= 0.3 is 35.7 Å². The van der Waals surface area contributed by atoms with E-state index in [1.807, 2.05) is 0 Å². The molecule has 1 saturated heterocycles. The average molecular weight is 569 g/mol. The summed E-state index contributed by atoms with van der Waals surface area (Å²) >= 11 is 2.33. The van der Waals surface area contributed by atoms with Gasteiger partial charge in [-0.2, -0.15) is 13.2 Å². The van der Waals surface area contributed by atoms with Crippen molar-refractivity contribution in [3.05, 3.63) is 44.5 Å². The molecule has 184 valence electrons. The van der Waals surface area contributed by atoms with Crippen LogP contribution in [0, 0.1) is 0 Å². The van der Waals surface area contributed by atoms with Gasteiger partial charge in [0.15, 0.2) is 15.9 Å². The Morgan fingerprint density at radius 2 is 2.08 bits per heavy atom. The van der Waals surface area contributed by atoms with E-state index < -0.39 is 51.1 Å². The molecule has 0 radical (unpaired) electrons. The van der Waals surface area contributed by atoms with Gasteiger partial charge in [0.25, 0.3) is 5.91 Å². The standard InChI is InChI=1S/C18H13F3N6O5S3.Na/c19-18(20,21)16-23-4-6(34-16)1-2-7-12(15(30)31)27-9(28)3-10(27)35-14(7)25-13(29)11(26-32)8-5-33-17(22)24-8;/h1-2,4-5,10,14,32H,3H2,(H2,22,24)(H,25,29)(H,30,31);/q;+1/p-1/t10-,14?;/m0./s1. The number of hydrogen-bond donors (Lipinski definition) is 3. The number of alkyl halides is 3. The van der Waals surface area contributed by atoms with Crippen LogP contribution >= 0.6 is 34.4 Å². The summed E-state index contributed by atoms with van der Waals surface area (Å²) in [7, 11) is 0. The number of fused-ring (bicyclic) bond motifs is 1. The fraction of sp³-hybridized carbons (Fsp3) is 0.222. The summed E-state index contributed by atoms with van der Waals surface area (Å²) in [6.45, 7) is 0. The van der Waals surface area contributed by atoms with E-state index >= 15 is 0 Å². The molecule has 2 amide bonds. The molecule has 1 fully saturated rings. The number of nitrogens with two attached hydrogens (primary N) is 1. The summed E-state index contributed by atoms with van der Waals surface area (Å²) in [6, 6.07) is 0. The second-order valence-corrected chi connectivity index (χ2v) is 10.2. The van der Waals surface area contributed by atoms with Crippen molar-refractivity contribution in [2.75, 3.05) is 5.73 Å². The number of thiazole rings is 2. The number of hydrogen-bond acceptors (Lipinski definition) is 12. The van der Waals surface area contributed by atoms with Gasteiger partial charge in [-0.25, -0.2) is 9.97 Å². The molecule has 2 aliphatic heterocycles. The van der Waals surface area contributed by atoms with E-state index in [1.165, 1.54) is 11.5 Å². The Morgan fingerprint density at radius 1 is 1.36 bits per heavy atom. The first-order valence-electron chi connectivity index (χ1n) is 9.38. The van der Waals surface area contributed by atoms with Crippen molar-refractivity contribution in [1.29, 1.82) is 0 Å². The molecular formula is C18H12F3N6NaO5S3. The second kappa shape index (κ2) is 10.9. The molecule has 0 spiro atoms. The van der Waals surface area contributed by atoms with Crippen molar-refractivity contribution in [1.82, 2.24) is 20.2 Å². The number of carboxylic acids is 1. The molecule has 2 atom stereocenters. The average Bonchev–Trinajstić information content (AvgIpc) is 3.41. The van der Waals surface area contributed by atoms with Crippen molar-refractivity contribution >= 4 is 69.1 Å². The number of rotatable bonds is 6. The van der Waals surface area contributed by atoms with Crippen LogP contribution in [0.2, 0.25) is 0 Å². The number of carbonyl (C=O) groups excluding carboxylic acids is 3. The monoisotopic (exact) mass is 568 g/mol. The Balaban J connectivity index is 0.00000361. The van der Waals surface area contributed by atoms with Crippen LogP contribution in [0.25, 0.3) is 6.08 Å². The summed E-state index contributed by atoms with van der Waals surface area (Å²) < 4.78 is 38.6. The molecule has 2 aliphatic rings. The number of amides is 2. The third-order valence-corrected chi connectivity index (χ3v) is 7.74. The zero-order valence-electron chi connectivity index (χ0n) is 18.0. The molecule has 0 bridgehead atoms. The van der Waals surface area contributed by atoms with Crippen LogP contribution < -0.4 is 45.7 Å². The van der Waals surface area contributed by atoms with Gasteiger partial charge in [-0.3, -0.25) is 14.5 Å². The van der Waals surface area contributed by atoms with E-state index in [-0.39, 0.29) is 57.3 Å². The first-order valence-corrected chi connectivity index (χ1v) is 12.0. The predicted octanol–water partition coefficient (Wildman–Crippen LogP) is -2.15. The number of β-lactam (4-membered cyclic amide) rings is 1. The number of carbonyl (C=O) groups is 3. The number of aliphatic carboxylic acids is 1. The van der Waals surface area contributed by atoms with E-state index in [4.69, 9.17) is 5.73 Å². The molecule has 0 aromatic carbocycles.